The quantitative estimate of drug-likeness (QED) is 0.359. The maximum Gasteiger partial charge on any atom is 0.335 e. The van der Waals surface area contributed by atoms with Crippen molar-refractivity contribution in [1.29, 1.82) is 0 Å². The van der Waals surface area contributed by atoms with E-state index in [0.717, 1.165) is 25.9 Å². The summed E-state index contributed by atoms with van der Waals surface area (Å²) in [5.41, 5.74) is 0.704. The molecule has 0 saturated carbocycles. The average Bonchev–Trinajstić information content (AvgIpc) is 3.23. The van der Waals surface area contributed by atoms with Crippen molar-refractivity contribution in [3.05, 3.63) is 62.7 Å². The third-order valence-corrected chi connectivity index (χ3v) is 5.10. The summed E-state index contributed by atoms with van der Waals surface area (Å²) < 4.78 is 0. The Balaban J connectivity index is 1.82. The van der Waals surface area contributed by atoms with E-state index in [4.69, 9.17) is 28.9 Å². The van der Waals surface area contributed by atoms with Crippen LogP contribution in [0.15, 0.2) is 36.4 Å². The fourth-order valence-electron chi connectivity index (χ4n) is 3.13. The van der Waals surface area contributed by atoms with Crippen LogP contribution in [0.3, 0.4) is 0 Å². The minimum absolute atomic E-state index is 0.00831. The van der Waals surface area contributed by atoms with Crippen molar-refractivity contribution in [1.82, 2.24) is 5.32 Å². The highest BCUT2D eigenvalue weighted by atomic mass is 35.5. The summed E-state index contributed by atoms with van der Waals surface area (Å²) in [5, 5.41) is 25.5. The molecule has 11 heteroatoms. The number of carboxylic acid groups (broad SMARTS) is 1. The number of rotatable bonds is 5. The maximum atomic E-state index is 12.8. The molecule has 3 N–H and O–H groups in total. The lowest BCUT2D eigenvalue weighted by molar-refractivity contribution is -0.384. The molecule has 30 heavy (non-hydrogen) atoms. The maximum absolute atomic E-state index is 12.8. The van der Waals surface area contributed by atoms with Gasteiger partial charge >= 0.3 is 5.97 Å². The van der Waals surface area contributed by atoms with Crippen LogP contribution in [0, 0.1) is 10.1 Å². The molecular formula is C19H17ClN4O5S. The zero-order valence-electron chi connectivity index (χ0n) is 15.6. The molecule has 1 saturated heterocycles. The van der Waals surface area contributed by atoms with Gasteiger partial charge in [-0.2, -0.15) is 0 Å². The number of amides is 1. The zero-order chi connectivity index (χ0) is 21.8. The second-order valence-corrected chi connectivity index (χ2v) is 7.38. The van der Waals surface area contributed by atoms with E-state index in [1.54, 1.807) is 6.07 Å². The highest BCUT2D eigenvalue weighted by Gasteiger charge is 2.23. The Morgan fingerprint density at radius 3 is 2.50 bits per heavy atom. The van der Waals surface area contributed by atoms with Gasteiger partial charge in [-0.1, -0.05) is 11.6 Å². The molecular weight excluding hydrogens is 432 g/mol. The molecule has 156 valence electrons. The molecule has 2 aromatic rings. The number of nitrogens with one attached hydrogen (secondary N) is 2. The molecule has 0 spiro atoms. The summed E-state index contributed by atoms with van der Waals surface area (Å²) >= 11 is 11.2. The highest BCUT2D eigenvalue weighted by Crippen LogP contribution is 2.28. The number of nitrogens with zero attached hydrogens (tertiary/aromatic N) is 2. The lowest BCUT2D eigenvalue weighted by Gasteiger charge is -2.21. The summed E-state index contributed by atoms with van der Waals surface area (Å²) in [4.78, 5) is 36.5. The SMILES string of the molecule is O=C(O)c1ccc(Cl)c(NC(=S)NC(=O)c2cc([N+](=O)[O-])ccc2N2CCCC2)c1. The summed E-state index contributed by atoms with van der Waals surface area (Å²) in [5.74, 6) is -1.76. The van der Waals surface area contributed by atoms with Gasteiger partial charge in [0, 0.05) is 25.2 Å². The van der Waals surface area contributed by atoms with Gasteiger partial charge in [0.05, 0.1) is 32.4 Å². The first-order valence-electron chi connectivity index (χ1n) is 8.95. The van der Waals surface area contributed by atoms with Gasteiger partial charge in [-0.25, -0.2) is 4.79 Å². The summed E-state index contributed by atoms with van der Waals surface area (Å²) in [6, 6.07) is 8.14. The third-order valence-electron chi connectivity index (χ3n) is 4.57. The normalized spacial score (nSPS) is 13.0. The first-order chi connectivity index (χ1) is 14.3. The van der Waals surface area contributed by atoms with Crippen LogP contribution >= 0.6 is 23.8 Å². The fraction of sp³-hybridized carbons (Fsp3) is 0.211. The number of nitro groups is 1. The van der Waals surface area contributed by atoms with Gasteiger partial charge in [0.1, 0.15) is 0 Å². The number of carbonyl (C=O) groups is 2. The Bertz CT molecular complexity index is 1040. The number of carbonyl (C=O) groups excluding carboxylic acids is 1. The van der Waals surface area contributed by atoms with Crippen LogP contribution in [0.2, 0.25) is 5.02 Å². The van der Waals surface area contributed by atoms with Crippen LogP contribution in [0.25, 0.3) is 0 Å². The molecule has 3 rings (SSSR count). The Hall–Kier alpha value is -3.24. The molecule has 0 atom stereocenters. The third kappa shape index (κ3) is 4.84. The zero-order valence-corrected chi connectivity index (χ0v) is 17.1. The van der Waals surface area contributed by atoms with Gasteiger partial charge in [-0.05, 0) is 49.3 Å². The van der Waals surface area contributed by atoms with Crippen molar-refractivity contribution in [3.63, 3.8) is 0 Å². The molecule has 0 bridgehead atoms. The van der Waals surface area contributed by atoms with Gasteiger partial charge < -0.3 is 15.3 Å². The minimum Gasteiger partial charge on any atom is -0.478 e. The van der Waals surface area contributed by atoms with E-state index in [-0.39, 0.29) is 32.6 Å². The predicted molar refractivity (Wildman–Crippen MR) is 117 cm³/mol. The van der Waals surface area contributed by atoms with E-state index in [0.29, 0.717) is 5.69 Å². The van der Waals surface area contributed by atoms with Crippen molar-refractivity contribution >= 4 is 57.9 Å². The van der Waals surface area contributed by atoms with Crippen LogP contribution < -0.4 is 15.5 Å². The van der Waals surface area contributed by atoms with Crippen molar-refractivity contribution in [2.45, 2.75) is 12.8 Å². The number of carboxylic acids is 1. The Morgan fingerprint density at radius 1 is 1.17 bits per heavy atom. The Labute approximate surface area is 181 Å². The fourth-order valence-corrected chi connectivity index (χ4v) is 3.50. The lowest BCUT2D eigenvalue weighted by atomic mass is 10.1. The summed E-state index contributed by atoms with van der Waals surface area (Å²) in [6.07, 6.45) is 1.94. The number of aromatic carboxylic acids is 1. The number of thiocarbonyl (C=S) groups is 1. The molecule has 0 aromatic heterocycles. The molecule has 0 radical (unpaired) electrons. The molecule has 0 aliphatic carbocycles. The topological polar surface area (TPSA) is 125 Å². The van der Waals surface area contributed by atoms with Crippen LogP contribution in [-0.2, 0) is 0 Å². The average molecular weight is 449 g/mol. The van der Waals surface area contributed by atoms with E-state index in [1.165, 1.54) is 30.3 Å². The molecule has 1 aliphatic rings. The lowest BCUT2D eigenvalue weighted by Crippen LogP contribution is -2.35. The first kappa shape index (κ1) is 21.5. The van der Waals surface area contributed by atoms with Gasteiger partial charge in [0.15, 0.2) is 5.11 Å². The van der Waals surface area contributed by atoms with Crippen LogP contribution in [0.1, 0.15) is 33.6 Å². The van der Waals surface area contributed by atoms with E-state index in [9.17, 15) is 19.7 Å². The molecule has 1 heterocycles. The standard InChI is InChI=1S/C19H17ClN4O5S/c20-14-5-3-11(18(26)27)9-15(14)21-19(30)22-17(25)13-10-12(24(28)29)4-6-16(13)23-7-1-2-8-23/h3-6,9-10H,1-2,7-8H2,(H,26,27)(H2,21,22,25,30). The molecule has 1 amide bonds. The Morgan fingerprint density at radius 2 is 1.87 bits per heavy atom. The van der Waals surface area contributed by atoms with E-state index < -0.39 is 16.8 Å². The highest BCUT2D eigenvalue weighted by molar-refractivity contribution is 7.80. The van der Waals surface area contributed by atoms with Gasteiger partial charge in [-0.15, -0.1) is 0 Å². The largest absolute Gasteiger partial charge is 0.478 e. The van der Waals surface area contributed by atoms with Crippen molar-refractivity contribution in [2.24, 2.45) is 0 Å². The van der Waals surface area contributed by atoms with E-state index >= 15 is 0 Å². The van der Waals surface area contributed by atoms with Gasteiger partial charge in [0.25, 0.3) is 11.6 Å². The second kappa shape index (κ2) is 9.06. The summed E-state index contributed by atoms with van der Waals surface area (Å²) in [6.45, 7) is 1.50. The van der Waals surface area contributed by atoms with Crippen molar-refractivity contribution < 1.29 is 19.6 Å². The predicted octanol–water partition coefficient (Wildman–Crippen LogP) is 3.67. The molecule has 1 fully saturated rings. The van der Waals surface area contributed by atoms with Gasteiger partial charge in [0.2, 0.25) is 0 Å². The first-order valence-corrected chi connectivity index (χ1v) is 9.73. The number of anilines is 2. The van der Waals surface area contributed by atoms with E-state index in [2.05, 4.69) is 10.6 Å². The monoisotopic (exact) mass is 448 g/mol. The summed E-state index contributed by atoms with van der Waals surface area (Å²) in [7, 11) is 0. The number of benzene rings is 2. The van der Waals surface area contributed by atoms with Crippen LogP contribution in [0.4, 0.5) is 17.1 Å². The number of non-ortho nitro benzene ring substituents is 1. The number of halogens is 1. The molecule has 2 aromatic carbocycles. The van der Waals surface area contributed by atoms with Crippen molar-refractivity contribution in [2.75, 3.05) is 23.3 Å². The van der Waals surface area contributed by atoms with Crippen LogP contribution in [-0.4, -0.2) is 40.1 Å². The number of hydrogen-bond acceptors (Lipinski definition) is 6. The Kier molecular flexibility index (Phi) is 6.48. The van der Waals surface area contributed by atoms with Crippen molar-refractivity contribution in [3.8, 4) is 0 Å². The number of nitro benzene ring substituents is 1. The van der Waals surface area contributed by atoms with E-state index in [1.807, 2.05) is 4.90 Å². The van der Waals surface area contributed by atoms with Crippen LogP contribution in [0.5, 0.6) is 0 Å². The molecule has 9 nitrogen and oxygen atoms in total. The molecule has 1 aliphatic heterocycles. The minimum atomic E-state index is -1.14. The smallest absolute Gasteiger partial charge is 0.335 e. The second-order valence-electron chi connectivity index (χ2n) is 6.56. The van der Waals surface area contributed by atoms with Gasteiger partial charge in [-0.3, -0.25) is 20.2 Å². The molecule has 0 unspecified atom stereocenters. The number of hydrogen-bond donors (Lipinski definition) is 3.